The van der Waals surface area contributed by atoms with E-state index in [2.05, 4.69) is 21.2 Å². The molecule has 2 aromatic carbocycles. The van der Waals surface area contributed by atoms with Crippen LogP contribution in [0.3, 0.4) is 0 Å². The highest BCUT2D eigenvalue weighted by atomic mass is 79.9. The van der Waals surface area contributed by atoms with Crippen molar-refractivity contribution in [3.8, 4) is 5.75 Å². The number of para-hydroxylation sites is 1. The van der Waals surface area contributed by atoms with Gasteiger partial charge in [-0.15, -0.1) is 0 Å². The molecule has 0 aromatic heterocycles. The van der Waals surface area contributed by atoms with E-state index in [1.54, 1.807) is 24.3 Å². The highest BCUT2D eigenvalue weighted by molar-refractivity contribution is 9.10. The van der Waals surface area contributed by atoms with Gasteiger partial charge in [0, 0.05) is 10.0 Å². The van der Waals surface area contributed by atoms with Crippen LogP contribution in [-0.4, -0.2) is 11.0 Å². The molecule has 2 aromatic rings. The summed E-state index contributed by atoms with van der Waals surface area (Å²) in [6.07, 6.45) is 0. The number of carbonyl (C=O) groups excluding carboxylic acids is 1. The van der Waals surface area contributed by atoms with Gasteiger partial charge in [-0.25, -0.2) is 0 Å². The average Bonchev–Trinajstić information content (AvgIpc) is 2.37. The van der Waals surface area contributed by atoms with Gasteiger partial charge in [0.2, 0.25) is 0 Å². The first-order valence-electron chi connectivity index (χ1n) is 5.54. The van der Waals surface area contributed by atoms with Crippen molar-refractivity contribution < 1.29 is 9.90 Å². The van der Waals surface area contributed by atoms with Crippen LogP contribution in [0.2, 0.25) is 5.02 Å². The molecule has 19 heavy (non-hydrogen) atoms. The van der Waals surface area contributed by atoms with E-state index in [4.69, 9.17) is 11.6 Å². The molecule has 0 fully saturated rings. The molecule has 0 aliphatic carbocycles. The third kappa shape index (κ3) is 3.08. The predicted octanol–water partition coefficient (Wildman–Crippen LogP) is 4.37. The van der Waals surface area contributed by atoms with Gasteiger partial charge in [-0.05, 0) is 52.7 Å². The SMILES string of the molecule is Cc1cccc(O)c1NC(=O)c1ccc(Cl)c(Br)c1. The van der Waals surface area contributed by atoms with Crippen LogP contribution >= 0.6 is 27.5 Å². The van der Waals surface area contributed by atoms with Crippen LogP contribution < -0.4 is 5.32 Å². The molecule has 3 nitrogen and oxygen atoms in total. The molecule has 0 saturated carbocycles. The molecule has 0 aliphatic rings. The number of halogens is 2. The Hall–Kier alpha value is -1.52. The summed E-state index contributed by atoms with van der Waals surface area (Å²) in [6, 6.07) is 9.95. The summed E-state index contributed by atoms with van der Waals surface area (Å²) in [5, 5.41) is 13.0. The Kier molecular flexibility index (Phi) is 4.12. The predicted molar refractivity (Wildman–Crippen MR) is 79.9 cm³/mol. The molecule has 0 bridgehead atoms. The van der Waals surface area contributed by atoms with Crippen LogP contribution in [0.5, 0.6) is 5.75 Å². The Morgan fingerprint density at radius 2 is 2.05 bits per heavy atom. The number of aromatic hydroxyl groups is 1. The molecule has 0 atom stereocenters. The van der Waals surface area contributed by atoms with Gasteiger partial charge < -0.3 is 10.4 Å². The lowest BCUT2D eigenvalue weighted by atomic mass is 10.1. The fourth-order valence-electron chi connectivity index (χ4n) is 1.64. The maximum absolute atomic E-state index is 12.1. The molecule has 0 heterocycles. The number of hydrogen-bond donors (Lipinski definition) is 2. The first-order chi connectivity index (χ1) is 8.99. The van der Waals surface area contributed by atoms with Gasteiger partial charge >= 0.3 is 0 Å². The molecule has 2 rings (SSSR count). The zero-order valence-electron chi connectivity index (χ0n) is 10.1. The van der Waals surface area contributed by atoms with E-state index in [0.717, 1.165) is 5.56 Å². The Bertz CT molecular complexity index is 623. The highest BCUT2D eigenvalue weighted by Crippen LogP contribution is 2.28. The fourth-order valence-corrected chi connectivity index (χ4v) is 2.13. The van der Waals surface area contributed by atoms with Crippen molar-refractivity contribution >= 4 is 39.1 Å². The Balaban J connectivity index is 2.28. The third-order valence-electron chi connectivity index (χ3n) is 2.67. The number of benzene rings is 2. The molecule has 2 N–H and O–H groups in total. The lowest BCUT2D eigenvalue weighted by molar-refractivity contribution is 0.102. The number of anilines is 1. The van der Waals surface area contributed by atoms with Gasteiger partial charge in [-0.2, -0.15) is 0 Å². The van der Waals surface area contributed by atoms with E-state index in [-0.39, 0.29) is 11.7 Å². The van der Waals surface area contributed by atoms with Crippen LogP contribution in [-0.2, 0) is 0 Å². The van der Waals surface area contributed by atoms with Gasteiger partial charge in [0.1, 0.15) is 5.75 Å². The minimum atomic E-state index is -0.304. The van der Waals surface area contributed by atoms with Crippen molar-refractivity contribution in [1.82, 2.24) is 0 Å². The summed E-state index contributed by atoms with van der Waals surface area (Å²) in [5.74, 6) is -0.261. The zero-order valence-corrected chi connectivity index (χ0v) is 12.4. The summed E-state index contributed by atoms with van der Waals surface area (Å²) in [5.41, 5.74) is 1.67. The monoisotopic (exact) mass is 339 g/mol. The van der Waals surface area contributed by atoms with E-state index < -0.39 is 0 Å². The minimum absolute atomic E-state index is 0.0429. The molecule has 5 heteroatoms. The second kappa shape index (κ2) is 5.63. The zero-order chi connectivity index (χ0) is 14.0. The van der Waals surface area contributed by atoms with Gasteiger partial charge in [-0.1, -0.05) is 23.7 Å². The molecule has 1 amide bonds. The van der Waals surface area contributed by atoms with E-state index in [9.17, 15) is 9.90 Å². The fraction of sp³-hybridized carbons (Fsp3) is 0.0714. The molecule has 0 radical (unpaired) electrons. The van der Waals surface area contributed by atoms with E-state index in [1.165, 1.54) is 6.07 Å². The van der Waals surface area contributed by atoms with E-state index >= 15 is 0 Å². The number of phenolic OH excluding ortho intramolecular Hbond substituents is 1. The molecule has 0 unspecified atom stereocenters. The van der Waals surface area contributed by atoms with Crippen molar-refractivity contribution in [2.24, 2.45) is 0 Å². The molecular formula is C14H11BrClNO2. The van der Waals surface area contributed by atoms with E-state index in [1.807, 2.05) is 13.0 Å². The summed E-state index contributed by atoms with van der Waals surface area (Å²) in [7, 11) is 0. The number of phenols is 1. The smallest absolute Gasteiger partial charge is 0.255 e. The van der Waals surface area contributed by atoms with Gasteiger partial charge in [0.25, 0.3) is 5.91 Å². The van der Waals surface area contributed by atoms with Crippen LogP contribution in [0.15, 0.2) is 40.9 Å². The molecule has 0 spiro atoms. The summed E-state index contributed by atoms with van der Waals surface area (Å²) < 4.78 is 0.649. The number of amides is 1. The average molecular weight is 341 g/mol. The number of rotatable bonds is 2. The second-order valence-electron chi connectivity index (χ2n) is 4.05. The van der Waals surface area contributed by atoms with Crippen molar-refractivity contribution in [1.29, 1.82) is 0 Å². The normalized spacial score (nSPS) is 10.3. The Labute approximate surface area is 124 Å². The van der Waals surface area contributed by atoms with Crippen molar-refractivity contribution in [2.75, 3.05) is 5.32 Å². The minimum Gasteiger partial charge on any atom is -0.506 e. The lowest BCUT2D eigenvalue weighted by Crippen LogP contribution is -2.12. The van der Waals surface area contributed by atoms with Crippen molar-refractivity contribution in [3.63, 3.8) is 0 Å². The largest absolute Gasteiger partial charge is 0.506 e. The molecule has 0 aliphatic heterocycles. The number of hydrogen-bond acceptors (Lipinski definition) is 2. The summed E-state index contributed by atoms with van der Waals surface area (Å²) >= 11 is 9.14. The van der Waals surface area contributed by atoms with Crippen LogP contribution in [0.4, 0.5) is 5.69 Å². The second-order valence-corrected chi connectivity index (χ2v) is 5.31. The number of aryl methyl sites for hydroxylation is 1. The third-order valence-corrected chi connectivity index (χ3v) is 3.89. The van der Waals surface area contributed by atoms with Gasteiger partial charge in [0.15, 0.2) is 0 Å². The maximum atomic E-state index is 12.1. The maximum Gasteiger partial charge on any atom is 0.255 e. The van der Waals surface area contributed by atoms with E-state index in [0.29, 0.717) is 20.7 Å². The summed E-state index contributed by atoms with van der Waals surface area (Å²) in [4.78, 5) is 12.1. The molecule has 0 saturated heterocycles. The topological polar surface area (TPSA) is 49.3 Å². The number of carbonyl (C=O) groups is 1. The van der Waals surface area contributed by atoms with Crippen LogP contribution in [0.25, 0.3) is 0 Å². The number of nitrogens with one attached hydrogen (secondary N) is 1. The van der Waals surface area contributed by atoms with Crippen molar-refractivity contribution in [3.05, 3.63) is 57.0 Å². The van der Waals surface area contributed by atoms with Gasteiger partial charge in [0.05, 0.1) is 10.7 Å². The lowest BCUT2D eigenvalue weighted by Gasteiger charge is -2.10. The van der Waals surface area contributed by atoms with Crippen molar-refractivity contribution in [2.45, 2.75) is 6.92 Å². The molecule has 98 valence electrons. The van der Waals surface area contributed by atoms with Crippen LogP contribution in [0.1, 0.15) is 15.9 Å². The first kappa shape index (κ1) is 13.9. The summed E-state index contributed by atoms with van der Waals surface area (Å²) in [6.45, 7) is 1.81. The van der Waals surface area contributed by atoms with Gasteiger partial charge in [-0.3, -0.25) is 4.79 Å². The first-order valence-corrected chi connectivity index (χ1v) is 6.71. The Morgan fingerprint density at radius 1 is 1.32 bits per heavy atom. The quantitative estimate of drug-likeness (QED) is 0.798. The standard InChI is InChI=1S/C14H11BrClNO2/c1-8-3-2-4-12(18)13(8)17-14(19)9-5-6-11(16)10(15)7-9/h2-7,18H,1H3,(H,17,19). The molecular weight excluding hydrogens is 330 g/mol. The Morgan fingerprint density at radius 3 is 2.68 bits per heavy atom. The van der Waals surface area contributed by atoms with Crippen LogP contribution in [0, 0.1) is 6.92 Å². The highest BCUT2D eigenvalue weighted by Gasteiger charge is 2.12.